The van der Waals surface area contributed by atoms with Crippen molar-refractivity contribution in [2.45, 2.75) is 77.3 Å². The molecule has 0 aromatic heterocycles. The Morgan fingerprint density at radius 3 is 1.64 bits per heavy atom. The van der Waals surface area contributed by atoms with Crippen LogP contribution in [0.15, 0.2) is 0 Å². The van der Waals surface area contributed by atoms with Gasteiger partial charge in [0.1, 0.15) is 12.1 Å². The van der Waals surface area contributed by atoms with Gasteiger partial charge in [0.15, 0.2) is 0 Å². The maximum atomic E-state index is 11.9. The first-order valence-corrected chi connectivity index (χ1v) is 13.8. The number of esters is 2. The molecule has 0 spiro atoms. The van der Waals surface area contributed by atoms with Gasteiger partial charge in [-0.1, -0.05) is 13.8 Å². The standard InChI is InChI=1S/C13H21N3O5.C9H17N3O2.C4H4O3/c1-2-9(13(14)21)16-7-8(5-11(16)18)6-15-10(17)3-4-12(19)20;1-2-7(9(11)14)12-5-6(4-10)3-8(12)13;5-3-1-2-4(6)7-3/h8-9H,2-7H2,1H3,(H2,14,21)(H,15,17)(H,19,20);6-7H,2-5,10H2,1H3,(H2,11,14);1-2H2/t8?,9-;6?,7-;/m00./s1. The third-order valence-corrected chi connectivity index (χ3v) is 6.91. The second kappa shape index (κ2) is 17.7. The van der Waals surface area contributed by atoms with Crippen LogP contribution in [0, 0.1) is 11.8 Å². The van der Waals surface area contributed by atoms with Gasteiger partial charge in [-0.25, -0.2) is 0 Å². The second-order valence-electron chi connectivity index (χ2n) is 10.2. The number of likely N-dealkylation sites (tertiary alicyclic amines) is 2. The number of amides is 5. The fraction of sp³-hybridized carbons (Fsp3) is 0.692. The molecule has 0 saturated carbocycles. The Hall–Kier alpha value is -4.08. The number of ether oxygens (including phenoxy) is 1. The Bertz CT molecular complexity index is 1020. The minimum Gasteiger partial charge on any atom is -0.481 e. The van der Waals surface area contributed by atoms with Gasteiger partial charge < -0.3 is 42.2 Å². The third kappa shape index (κ3) is 11.8. The lowest BCUT2D eigenvalue weighted by Gasteiger charge is -2.24. The Morgan fingerprint density at radius 1 is 0.857 bits per heavy atom. The lowest BCUT2D eigenvalue weighted by atomic mass is 10.1. The topological polar surface area (TPSA) is 263 Å². The van der Waals surface area contributed by atoms with Gasteiger partial charge in [-0.05, 0) is 25.3 Å². The summed E-state index contributed by atoms with van der Waals surface area (Å²) in [6.07, 6.45) is 1.94. The van der Waals surface area contributed by atoms with Crippen LogP contribution in [0.25, 0.3) is 0 Å². The van der Waals surface area contributed by atoms with E-state index in [4.69, 9.17) is 22.3 Å². The summed E-state index contributed by atoms with van der Waals surface area (Å²) >= 11 is 0. The molecule has 16 nitrogen and oxygen atoms in total. The van der Waals surface area contributed by atoms with Crippen molar-refractivity contribution in [2.24, 2.45) is 29.0 Å². The van der Waals surface area contributed by atoms with Crippen molar-refractivity contribution >= 4 is 47.4 Å². The second-order valence-corrected chi connectivity index (χ2v) is 10.2. The molecule has 0 aromatic rings. The number of nitrogens with two attached hydrogens (primary N) is 3. The highest BCUT2D eigenvalue weighted by Crippen LogP contribution is 2.21. The maximum Gasteiger partial charge on any atom is 0.314 e. The van der Waals surface area contributed by atoms with Gasteiger partial charge in [-0.3, -0.25) is 38.4 Å². The molecule has 0 aromatic carbocycles. The fourth-order valence-corrected chi connectivity index (χ4v) is 4.66. The molecule has 236 valence electrons. The monoisotopic (exact) mass is 598 g/mol. The number of carboxylic acid groups (broad SMARTS) is 1. The van der Waals surface area contributed by atoms with Gasteiger partial charge >= 0.3 is 17.9 Å². The molecule has 42 heavy (non-hydrogen) atoms. The smallest absolute Gasteiger partial charge is 0.314 e. The number of cyclic esters (lactones) is 2. The summed E-state index contributed by atoms with van der Waals surface area (Å²) in [5, 5.41) is 11.1. The molecule has 16 heteroatoms. The quantitative estimate of drug-likeness (QED) is 0.121. The first kappa shape index (κ1) is 35.9. The number of aliphatic carboxylic acids is 1. The van der Waals surface area contributed by atoms with Crippen molar-refractivity contribution in [1.29, 1.82) is 0 Å². The van der Waals surface area contributed by atoms with E-state index in [0.29, 0.717) is 38.9 Å². The molecule has 0 radical (unpaired) electrons. The average molecular weight is 599 g/mol. The lowest BCUT2D eigenvalue weighted by molar-refractivity contribution is -0.152. The van der Waals surface area contributed by atoms with Crippen LogP contribution in [0.3, 0.4) is 0 Å². The van der Waals surface area contributed by atoms with Gasteiger partial charge in [0.25, 0.3) is 0 Å². The largest absolute Gasteiger partial charge is 0.481 e. The Kier molecular flexibility index (Phi) is 15.1. The summed E-state index contributed by atoms with van der Waals surface area (Å²) in [6.45, 7) is 5.34. The number of carbonyl (C=O) groups excluding carboxylic acids is 7. The van der Waals surface area contributed by atoms with Gasteiger partial charge in [0, 0.05) is 44.8 Å². The molecule has 4 atom stereocenters. The fourth-order valence-electron chi connectivity index (χ4n) is 4.66. The molecule has 3 rings (SSSR count). The van der Waals surface area contributed by atoms with Crippen LogP contribution in [0.2, 0.25) is 0 Å². The summed E-state index contributed by atoms with van der Waals surface area (Å²) in [5.41, 5.74) is 16.0. The minimum atomic E-state index is -1.03. The molecule has 3 fully saturated rings. The van der Waals surface area contributed by atoms with Gasteiger partial charge in [-0.15, -0.1) is 0 Å². The molecule has 0 aliphatic carbocycles. The normalized spacial score (nSPS) is 21.0. The van der Waals surface area contributed by atoms with Crippen LogP contribution in [0.5, 0.6) is 0 Å². The predicted octanol–water partition coefficient (Wildman–Crippen LogP) is -2.01. The Balaban J connectivity index is 0.000000357. The molecule has 8 N–H and O–H groups in total. The molecule has 3 heterocycles. The van der Waals surface area contributed by atoms with Crippen LogP contribution >= 0.6 is 0 Å². The third-order valence-electron chi connectivity index (χ3n) is 6.91. The summed E-state index contributed by atoms with van der Waals surface area (Å²) in [6, 6.07) is -1.07. The summed E-state index contributed by atoms with van der Waals surface area (Å²) in [7, 11) is 0. The number of hydrogen-bond donors (Lipinski definition) is 5. The van der Waals surface area contributed by atoms with Crippen molar-refractivity contribution < 1.29 is 48.2 Å². The highest BCUT2D eigenvalue weighted by molar-refractivity contribution is 5.92. The van der Waals surface area contributed by atoms with E-state index in [0.717, 1.165) is 0 Å². The number of rotatable bonds is 12. The maximum absolute atomic E-state index is 11.9. The zero-order valence-electron chi connectivity index (χ0n) is 24.0. The lowest BCUT2D eigenvalue weighted by Crippen LogP contribution is -2.45. The first-order chi connectivity index (χ1) is 19.7. The number of nitrogens with zero attached hydrogens (tertiary/aromatic N) is 2. The number of carbonyl (C=O) groups is 8. The van der Waals surface area contributed by atoms with Crippen molar-refractivity contribution in [1.82, 2.24) is 15.1 Å². The van der Waals surface area contributed by atoms with Gasteiger partial charge in [-0.2, -0.15) is 0 Å². The van der Waals surface area contributed by atoms with E-state index < -0.39 is 41.8 Å². The molecular formula is C26H42N6O10. The average Bonchev–Trinajstić information content (AvgIpc) is 3.60. The molecule has 2 unspecified atom stereocenters. The summed E-state index contributed by atoms with van der Waals surface area (Å²) in [5.74, 6) is -3.21. The molecular weight excluding hydrogens is 556 g/mol. The van der Waals surface area contributed by atoms with Crippen molar-refractivity contribution in [3.8, 4) is 0 Å². The summed E-state index contributed by atoms with van der Waals surface area (Å²) in [4.78, 5) is 90.5. The zero-order chi connectivity index (χ0) is 32.0. The highest BCUT2D eigenvalue weighted by atomic mass is 16.6. The van der Waals surface area contributed by atoms with Crippen molar-refractivity contribution in [3.63, 3.8) is 0 Å². The molecule has 0 bridgehead atoms. The van der Waals surface area contributed by atoms with E-state index in [9.17, 15) is 38.4 Å². The SMILES string of the molecule is CC[C@@H](C(N)=O)N1CC(CN)CC1=O.CC[C@@H](C(N)=O)N1CC(CNC(=O)CCC(=O)O)CC1=O.O=C1CCC(=O)O1. The molecule has 5 amide bonds. The van der Waals surface area contributed by atoms with Crippen LogP contribution in [-0.4, -0.2) is 101 Å². The number of hydrogen-bond acceptors (Lipinski definition) is 10. The Labute approximate surface area is 243 Å². The van der Waals surface area contributed by atoms with E-state index in [1.807, 2.05) is 6.92 Å². The minimum absolute atomic E-state index is 0.00824. The highest BCUT2D eigenvalue weighted by Gasteiger charge is 2.36. The van der Waals surface area contributed by atoms with E-state index in [2.05, 4.69) is 10.1 Å². The zero-order valence-corrected chi connectivity index (χ0v) is 24.0. The van der Waals surface area contributed by atoms with E-state index in [1.54, 1.807) is 11.8 Å². The van der Waals surface area contributed by atoms with Gasteiger partial charge in [0.05, 0.1) is 19.3 Å². The van der Waals surface area contributed by atoms with Crippen LogP contribution in [-0.2, 0) is 43.1 Å². The number of carboxylic acids is 1. The van der Waals surface area contributed by atoms with E-state index >= 15 is 0 Å². The first-order valence-electron chi connectivity index (χ1n) is 13.8. The molecule has 3 aliphatic heterocycles. The predicted molar refractivity (Wildman–Crippen MR) is 145 cm³/mol. The van der Waals surface area contributed by atoms with Crippen LogP contribution < -0.4 is 22.5 Å². The number of nitrogens with one attached hydrogen (secondary N) is 1. The Morgan fingerprint density at radius 2 is 1.31 bits per heavy atom. The van der Waals surface area contributed by atoms with E-state index in [1.165, 1.54) is 4.90 Å². The number of primary amides is 2. The summed E-state index contributed by atoms with van der Waals surface area (Å²) < 4.78 is 4.08. The molecule has 3 saturated heterocycles. The van der Waals surface area contributed by atoms with Crippen molar-refractivity contribution in [3.05, 3.63) is 0 Å². The van der Waals surface area contributed by atoms with Crippen molar-refractivity contribution in [2.75, 3.05) is 26.2 Å². The van der Waals surface area contributed by atoms with Crippen LogP contribution in [0.4, 0.5) is 0 Å². The van der Waals surface area contributed by atoms with Gasteiger partial charge in [0.2, 0.25) is 29.5 Å². The van der Waals surface area contributed by atoms with E-state index in [-0.39, 0.29) is 68.2 Å². The van der Waals surface area contributed by atoms with Crippen LogP contribution in [0.1, 0.15) is 65.2 Å². The molecule has 3 aliphatic rings.